The summed E-state index contributed by atoms with van der Waals surface area (Å²) in [4.78, 5) is 11.7. The first-order chi connectivity index (χ1) is 9.47. The minimum Gasteiger partial charge on any atom is -0.480 e. The van der Waals surface area contributed by atoms with E-state index in [1.807, 2.05) is 35.6 Å². The summed E-state index contributed by atoms with van der Waals surface area (Å²) in [5, 5.41) is 11.7. The number of ether oxygens (including phenoxy) is 1. The van der Waals surface area contributed by atoms with Crippen LogP contribution in [0, 0.1) is 14.9 Å². The van der Waals surface area contributed by atoms with E-state index in [0.717, 1.165) is 12.8 Å². The molecule has 6 heteroatoms. The standard InChI is InChI=1S/C14H18IN3O2/c1-3-4-9(2)18-13(19)8-20-14-11(15)5-10(7-16)6-12(14)17/h5-6,9H,3-4,8,17H2,1-2H3,(H,18,19). The van der Waals surface area contributed by atoms with Crippen molar-refractivity contribution in [1.29, 1.82) is 5.26 Å². The SMILES string of the molecule is CCCC(C)NC(=O)COc1c(N)cc(C#N)cc1I. The summed E-state index contributed by atoms with van der Waals surface area (Å²) >= 11 is 2.03. The van der Waals surface area contributed by atoms with E-state index < -0.39 is 0 Å². The van der Waals surface area contributed by atoms with Crippen molar-refractivity contribution in [1.82, 2.24) is 5.32 Å². The maximum atomic E-state index is 11.7. The van der Waals surface area contributed by atoms with Gasteiger partial charge in [0.25, 0.3) is 5.91 Å². The minimum absolute atomic E-state index is 0.0832. The van der Waals surface area contributed by atoms with Crippen LogP contribution in [0.5, 0.6) is 5.75 Å². The Morgan fingerprint density at radius 2 is 2.30 bits per heavy atom. The molecular weight excluding hydrogens is 369 g/mol. The average molecular weight is 387 g/mol. The van der Waals surface area contributed by atoms with Crippen LogP contribution in [0.2, 0.25) is 0 Å². The number of hydrogen-bond donors (Lipinski definition) is 2. The van der Waals surface area contributed by atoms with Crippen LogP contribution in [-0.4, -0.2) is 18.6 Å². The topological polar surface area (TPSA) is 88.1 Å². The number of amides is 1. The number of nitrogens with one attached hydrogen (secondary N) is 1. The van der Waals surface area contributed by atoms with Gasteiger partial charge in [-0.3, -0.25) is 4.79 Å². The lowest BCUT2D eigenvalue weighted by Gasteiger charge is -2.14. The third-order valence-corrected chi connectivity index (χ3v) is 3.48. The quantitative estimate of drug-likeness (QED) is 0.580. The van der Waals surface area contributed by atoms with Gasteiger partial charge < -0.3 is 15.8 Å². The Kier molecular flexibility index (Phi) is 6.58. The van der Waals surface area contributed by atoms with Crippen LogP contribution in [0.4, 0.5) is 5.69 Å². The molecule has 5 nitrogen and oxygen atoms in total. The summed E-state index contributed by atoms with van der Waals surface area (Å²) in [7, 11) is 0. The van der Waals surface area contributed by atoms with Crippen molar-refractivity contribution in [3.05, 3.63) is 21.3 Å². The highest BCUT2D eigenvalue weighted by Gasteiger charge is 2.12. The number of halogens is 1. The van der Waals surface area contributed by atoms with Crippen molar-refractivity contribution in [2.75, 3.05) is 12.3 Å². The number of nitriles is 1. The highest BCUT2D eigenvalue weighted by Crippen LogP contribution is 2.29. The van der Waals surface area contributed by atoms with E-state index in [2.05, 4.69) is 12.2 Å². The van der Waals surface area contributed by atoms with Crippen molar-refractivity contribution in [3.63, 3.8) is 0 Å². The van der Waals surface area contributed by atoms with E-state index in [4.69, 9.17) is 15.7 Å². The molecule has 0 saturated heterocycles. The molecule has 3 N–H and O–H groups in total. The van der Waals surface area contributed by atoms with Crippen LogP contribution < -0.4 is 15.8 Å². The third kappa shape index (κ3) is 4.89. The fraction of sp³-hybridized carbons (Fsp3) is 0.429. The summed E-state index contributed by atoms with van der Waals surface area (Å²) in [6.07, 6.45) is 1.95. The molecule has 1 rings (SSSR count). The van der Waals surface area contributed by atoms with Gasteiger partial charge in [0, 0.05) is 6.04 Å². The highest BCUT2D eigenvalue weighted by atomic mass is 127. The minimum atomic E-state index is -0.175. The summed E-state index contributed by atoms with van der Waals surface area (Å²) in [6, 6.07) is 5.36. The molecule has 0 heterocycles. The van der Waals surface area contributed by atoms with Gasteiger partial charge in [0.2, 0.25) is 0 Å². The van der Waals surface area contributed by atoms with Crippen LogP contribution in [0.15, 0.2) is 12.1 Å². The van der Waals surface area contributed by atoms with Crippen molar-refractivity contribution < 1.29 is 9.53 Å². The number of hydrogen-bond acceptors (Lipinski definition) is 4. The first kappa shape index (κ1) is 16.6. The molecule has 1 aromatic rings. The average Bonchev–Trinajstić information content (AvgIpc) is 2.37. The van der Waals surface area contributed by atoms with Gasteiger partial charge in [-0.05, 0) is 48.1 Å². The molecule has 0 saturated carbocycles. The summed E-state index contributed by atoms with van der Waals surface area (Å²) in [5.41, 5.74) is 6.66. The van der Waals surface area contributed by atoms with Crippen LogP contribution >= 0.6 is 22.6 Å². The van der Waals surface area contributed by atoms with E-state index >= 15 is 0 Å². The molecule has 0 radical (unpaired) electrons. The van der Waals surface area contributed by atoms with Gasteiger partial charge in [0.1, 0.15) is 0 Å². The molecule has 20 heavy (non-hydrogen) atoms. The number of carbonyl (C=O) groups is 1. The van der Waals surface area contributed by atoms with Crippen LogP contribution in [0.3, 0.4) is 0 Å². The number of nitrogens with two attached hydrogens (primary N) is 1. The van der Waals surface area contributed by atoms with Crippen LogP contribution in [0.25, 0.3) is 0 Å². The molecule has 1 atom stereocenters. The summed E-state index contributed by atoms with van der Waals surface area (Å²) < 4.78 is 6.17. The number of benzene rings is 1. The maximum absolute atomic E-state index is 11.7. The van der Waals surface area contributed by atoms with Gasteiger partial charge in [0.05, 0.1) is 20.9 Å². The fourth-order valence-electron chi connectivity index (χ4n) is 1.79. The summed E-state index contributed by atoms with van der Waals surface area (Å²) in [6.45, 7) is 3.94. The second-order valence-electron chi connectivity index (χ2n) is 4.53. The second-order valence-corrected chi connectivity index (χ2v) is 5.70. The molecular formula is C14H18IN3O2. The molecule has 0 aliphatic rings. The Hall–Kier alpha value is -1.49. The molecule has 0 aliphatic carbocycles. The van der Waals surface area contributed by atoms with E-state index in [-0.39, 0.29) is 18.6 Å². The largest absolute Gasteiger partial charge is 0.480 e. The van der Waals surface area contributed by atoms with Crippen LogP contribution in [-0.2, 0) is 4.79 Å². The molecule has 1 unspecified atom stereocenters. The highest BCUT2D eigenvalue weighted by molar-refractivity contribution is 14.1. The monoisotopic (exact) mass is 387 g/mol. The fourth-order valence-corrected chi connectivity index (χ4v) is 2.59. The predicted octanol–water partition coefficient (Wildman–Crippen LogP) is 2.43. The van der Waals surface area contributed by atoms with Crippen molar-refractivity contribution in [3.8, 4) is 11.8 Å². The van der Waals surface area contributed by atoms with E-state index in [0.29, 0.717) is 20.6 Å². The molecule has 108 valence electrons. The Balaban J connectivity index is 2.62. The number of nitrogen functional groups attached to an aromatic ring is 1. The Labute approximate surface area is 132 Å². The van der Waals surface area contributed by atoms with Crippen molar-refractivity contribution >= 4 is 34.2 Å². The molecule has 0 fully saturated rings. The number of anilines is 1. The summed E-state index contributed by atoms with van der Waals surface area (Å²) in [5.74, 6) is 0.272. The first-order valence-electron chi connectivity index (χ1n) is 6.39. The first-order valence-corrected chi connectivity index (χ1v) is 7.47. The lowest BCUT2D eigenvalue weighted by atomic mass is 10.2. The maximum Gasteiger partial charge on any atom is 0.258 e. The molecule has 0 aliphatic heterocycles. The van der Waals surface area contributed by atoms with E-state index in [1.54, 1.807) is 6.07 Å². The number of carbonyl (C=O) groups excluding carboxylic acids is 1. The third-order valence-electron chi connectivity index (χ3n) is 2.68. The number of nitrogens with zero attached hydrogens (tertiary/aromatic N) is 1. The van der Waals surface area contributed by atoms with Gasteiger partial charge in [-0.25, -0.2) is 0 Å². The molecule has 1 aromatic carbocycles. The van der Waals surface area contributed by atoms with Crippen LogP contribution in [0.1, 0.15) is 32.3 Å². The smallest absolute Gasteiger partial charge is 0.258 e. The van der Waals surface area contributed by atoms with E-state index in [9.17, 15) is 4.79 Å². The molecule has 0 aromatic heterocycles. The Morgan fingerprint density at radius 3 is 2.85 bits per heavy atom. The van der Waals surface area contributed by atoms with Crippen molar-refractivity contribution in [2.45, 2.75) is 32.7 Å². The molecule has 0 spiro atoms. The zero-order valence-corrected chi connectivity index (χ0v) is 13.7. The normalized spacial score (nSPS) is 11.5. The Bertz CT molecular complexity index is 503. The lowest BCUT2D eigenvalue weighted by Crippen LogP contribution is -2.36. The van der Waals surface area contributed by atoms with Crippen molar-refractivity contribution in [2.24, 2.45) is 0 Å². The zero-order chi connectivity index (χ0) is 15.1. The van der Waals surface area contributed by atoms with Gasteiger partial charge >= 0.3 is 0 Å². The zero-order valence-electron chi connectivity index (χ0n) is 11.6. The number of rotatable bonds is 6. The predicted molar refractivity (Wildman–Crippen MR) is 86.3 cm³/mol. The van der Waals surface area contributed by atoms with E-state index in [1.165, 1.54) is 6.07 Å². The van der Waals surface area contributed by atoms with Gasteiger partial charge in [-0.1, -0.05) is 13.3 Å². The molecule has 0 bridgehead atoms. The van der Waals surface area contributed by atoms with Gasteiger partial charge in [-0.2, -0.15) is 5.26 Å². The lowest BCUT2D eigenvalue weighted by molar-refractivity contribution is -0.123. The van der Waals surface area contributed by atoms with Gasteiger partial charge in [-0.15, -0.1) is 0 Å². The Morgan fingerprint density at radius 1 is 1.60 bits per heavy atom. The second kappa shape index (κ2) is 7.94. The molecule has 1 amide bonds. The van der Waals surface area contributed by atoms with Gasteiger partial charge in [0.15, 0.2) is 12.4 Å².